The molecule has 1 saturated heterocycles. The molecule has 17 heavy (non-hydrogen) atoms. The summed E-state index contributed by atoms with van der Waals surface area (Å²) in [5, 5.41) is 14.4. The van der Waals surface area contributed by atoms with Gasteiger partial charge in [0, 0.05) is 30.5 Å². The monoisotopic (exact) mass is 234 g/mol. The maximum atomic E-state index is 3.99. The Labute approximate surface area is 103 Å². The molecule has 4 nitrogen and oxygen atoms in total. The van der Waals surface area contributed by atoms with Crippen LogP contribution in [0.3, 0.4) is 0 Å². The molecule has 0 aromatic carbocycles. The minimum absolute atomic E-state index is 0.689. The summed E-state index contributed by atoms with van der Waals surface area (Å²) in [6, 6.07) is 3.50. The maximum Gasteiger partial charge on any atom is 0.0490 e. The molecule has 1 aromatic heterocycles. The molecule has 2 heterocycles. The van der Waals surface area contributed by atoms with Crippen LogP contribution in [0.4, 0.5) is 0 Å². The summed E-state index contributed by atoms with van der Waals surface area (Å²) in [5.74, 6) is 0.834. The van der Waals surface area contributed by atoms with Crippen LogP contribution in [-0.4, -0.2) is 28.8 Å². The van der Waals surface area contributed by atoms with Gasteiger partial charge in [-0.05, 0) is 44.2 Å². The van der Waals surface area contributed by atoms with Crippen molar-refractivity contribution in [1.82, 2.24) is 20.8 Å². The van der Waals surface area contributed by atoms with Crippen molar-refractivity contribution < 1.29 is 0 Å². The molecule has 0 radical (unpaired) electrons. The van der Waals surface area contributed by atoms with E-state index in [0.717, 1.165) is 18.5 Å². The van der Waals surface area contributed by atoms with Crippen molar-refractivity contribution >= 4 is 0 Å². The molecule has 2 aliphatic rings. The largest absolute Gasteiger partial charge is 0.314 e. The predicted molar refractivity (Wildman–Crippen MR) is 67.6 cm³/mol. The lowest BCUT2D eigenvalue weighted by molar-refractivity contribution is 0.319. The lowest BCUT2D eigenvalue weighted by atomic mass is 9.93. The van der Waals surface area contributed by atoms with E-state index in [0.29, 0.717) is 6.04 Å². The molecule has 1 saturated carbocycles. The Morgan fingerprint density at radius 3 is 3.06 bits per heavy atom. The van der Waals surface area contributed by atoms with E-state index in [1.54, 1.807) is 0 Å². The quantitative estimate of drug-likeness (QED) is 0.738. The molecule has 4 heteroatoms. The van der Waals surface area contributed by atoms with Gasteiger partial charge in [0.05, 0.1) is 0 Å². The number of aromatic amines is 1. The average Bonchev–Trinajstić information content (AvgIpc) is 3.09. The summed E-state index contributed by atoms with van der Waals surface area (Å²) in [6.45, 7) is 2.14. The number of hydrogen-bond acceptors (Lipinski definition) is 3. The highest BCUT2D eigenvalue weighted by Crippen LogP contribution is 2.31. The highest BCUT2D eigenvalue weighted by Gasteiger charge is 2.34. The zero-order chi connectivity index (χ0) is 11.5. The van der Waals surface area contributed by atoms with Crippen molar-refractivity contribution in [1.29, 1.82) is 0 Å². The maximum absolute atomic E-state index is 3.99. The van der Waals surface area contributed by atoms with Gasteiger partial charge in [0.25, 0.3) is 0 Å². The molecule has 0 bridgehead atoms. The summed E-state index contributed by atoms with van der Waals surface area (Å²) >= 11 is 0. The first-order valence-electron chi connectivity index (χ1n) is 6.88. The summed E-state index contributed by atoms with van der Waals surface area (Å²) in [6.07, 6.45) is 8.64. The van der Waals surface area contributed by atoms with Crippen molar-refractivity contribution in [3.8, 4) is 0 Å². The van der Waals surface area contributed by atoms with Crippen LogP contribution in [-0.2, 0) is 6.54 Å². The Bertz CT molecular complexity index is 329. The molecular formula is C13H22N4. The average molecular weight is 234 g/mol. The van der Waals surface area contributed by atoms with Crippen LogP contribution in [0.5, 0.6) is 0 Å². The third kappa shape index (κ3) is 2.53. The van der Waals surface area contributed by atoms with Crippen LogP contribution >= 0.6 is 0 Å². The molecule has 94 valence electrons. The number of rotatable bonds is 4. The molecule has 3 atom stereocenters. The molecule has 3 rings (SSSR count). The van der Waals surface area contributed by atoms with Gasteiger partial charge >= 0.3 is 0 Å². The standard InChI is InChI=1S/C13H22N4/c1-3-11(12-5-2-7-14-12)13(4-1)15-9-10-6-8-16-17-10/h6,8,11-15H,1-5,7,9H2,(H,16,17). The zero-order valence-corrected chi connectivity index (χ0v) is 10.3. The summed E-state index contributed by atoms with van der Waals surface area (Å²) < 4.78 is 0. The van der Waals surface area contributed by atoms with E-state index in [-0.39, 0.29) is 0 Å². The van der Waals surface area contributed by atoms with Crippen LogP contribution in [0.1, 0.15) is 37.8 Å². The van der Waals surface area contributed by atoms with E-state index in [1.807, 2.05) is 12.3 Å². The van der Waals surface area contributed by atoms with E-state index in [1.165, 1.54) is 44.3 Å². The lowest BCUT2D eigenvalue weighted by Crippen LogP contribution is -2.41. The van der Waals surface area contributed by atoms with Gasteiger partial charge in [-0.15, -0.1) is 0 Å². The Morgan fingerprint density at radius 2 is 2.29 bits per heavy atom. The van der Waals surface area contributed by atoms with Gasteiger partial charge in [-0.1, -0.05) is 6.42 Å². The van der Waals surface area contributed by atoms with Gasteiger partial charge in [0.15, 0.2) is 0 Å². The van der Waals surface area contributed by atoms with E-state index in [9.17, 15) is 0 Å². The van der Waals surface area contributed by atoms with Crippen LogP contribution in [0.15, 0.2) is 12.3 Å². The van der Waals surface area contributed by atoms with Gasteiger partial charge in [0.2, 0.25) is 0 Å². The van der Waals surface area contributed by atoms with Crippen LogP contribution in [0, 0.1) is 5.92 Å². The second kappa shape index (κ2) is 5.19. The lowest BCUT2D eigenvalue weighted by Gasteiger charge is -2.26. The first kappa shape index (κ1) is 11.2. The molecule has 0 amide bonds. The second-order valence-corrected chi connectivity index (χ2v) is 5.37. The van der Waals surface area contributed by atoms with E-state index >= 15 is 0 Å². The molecule has 1 aromatic rings. The molecular weight excluding hydrogens is 212 g/mol. The van der Waals surface area contributed by atoms with Gasteiger partial charge < -0.3 is 10.6 Å². The van der Waals surface area contributed by atoms with Crippen molar-refractivity contribution in [2.75, 3.05) is 6.54 Å². The highest BCUT2D eigenvalue weighted by molar-refractivity contribution is 4.99. The van der Waals surface area contributed by atoms with Crippen molar-refractivity contribution in [2.45, 2.75) is 50.7 Å². The smallest absolute Gasteiger partial charge is 0.0490 e. The summed E-state index contributed by atoms with van der Waals surface area (Å²) in [4.78, 5) is 0. The fourth-order valence-corrected chi connectivity index (χ4v) is 3.42. The second-order valence-electron chi connectivity index (χ2n) is 5.37. The highest BCUT2D eigenvalue weighted by atomic mass is 15.1. The minimum atomic E-state index is 0.689. The van der Waals surface area contributed by atoms with Gasteiger partial charge in [-0.25, -0.2) is 0 Å². The number of H-pyrrole nitrogens is 1. The Hall–Kier alpha value is -0.870. The van der Waals surface area contributed by atoms with E-state index in [4.69, 9.17) is 0 Å². The third-order valence-corrected chi connectivity index (χ3v) is 4.30. The van der Waals surface area contributed by atoms with Gasteiger partial charge in [0.1, 0.15) is 0 Å². The Morgan fingerprint density at radius 1 is 1.29 bits per heavy atom. The Kier molecular flexibility index (Phi) is 3.43. The number of nitrogens with one attached hydrogen (secondary N) is 3. The Balaban J connectivity index is 1.54. The molecule has 0 spiro atoms. The van der Waals surface area contributed by atoms with Crippen molar-refractivity contribution in [3.63, 3.8) is 0 Å². The number of hydrogen-bond donors (Lipinski definition) is 3. The van der Waals surface area contributed by atoms with E-state index in [2.05, 4.69) is 20.8 Å². The minimum Gasteiger partial charge on any atom is -0.314 e. The first-order chi connectivity index (χ1) is 8.43. The number of nitrogens with zero attached hydrogens (tertiary/aromatic N) is 1. The third-order valence-electron chi connectivity index (χ3n) is 4.30. The van der Waals surface area contributed by atoms with Crippen molar-refractivity contribution in [2.24, 2.45) is 5.92 Å². The van der Waals surface area contributed by atoms with Gasteiger partial charge in [-0.3, -0.25) is 5.10 Å². The zero-order valence-electron chi connectivity index (χ0n) is 10.3. The fraction of sp³-hybridized carbons (Fsp3) is 0.769. The van der Waals surface area contributed by atoms with Gasteiger partial charge in [-0.2, -0.15) is 5.10 Å². The SMILES string of the molecule is c1cc(CNC2CCCC2C2CCCN2)[nH]n1. The van der Waals surface area contributed by atoms with Crippen LogP contribution < -0.4 is 10.6 Å². The summed E-state index contributed by atoms with van der Waals surface area (Å²) in [7, 11) is 0. The normalized spacial score (nSPS) is 33.3. The number of aromatic nitrogens is 2. The fourth-order valence-electron chi connectivity index (χ4n) is 3.42. The molecule has 2 fully saturated rings. The van der Waals surface area contributed by atoms with E-state index < -0.39 is 0 Å². The molecule has 1 aliphatic carbocycles. The molecule has 1 aliphatic heterocycles. The summed E-state index contributed by atoms with van der Waals surface area (Å²) in [5.41, 5.74) is 1.19. The molecule has 3 unspecified atom stereocenters. The topological polar surface area (TPSA) is 52.7 Å². The van der Waals surface area contributed by atoms with Crippen molar-refractivity contribution in [3.05, 3.63) is 18.0 Å². The predicted octanol–water partition coefficient (Wildman–Crippen LogP) is 1.42. The van der Waals surface area contributed by atoms with Crippen LogP contribution in [0.25, 0.3) is 0 Å². The molecule has 3 N–H and O–H groups in total. The van der Waals surface area contributed by atoms with Crippen LogP contribution in [0.2, 0.25) is 0 Å². The first-order valence-corrected chi connectivity index (χ1v) is 6.88.